The van der Waals surface area contributed by atoms with Gasteiger partial charge in [0, 0.05) is 31.1 Å². The molecule has 1 heterocycles. The molecular formula is C18H27N3O5S. The fraction of sp³-hybridized carbons (Fsp3) is 0.556. The molecule has 0 unspecified atom stereocenters. The lowest BCUT2D eigenvalue weighted by molar-refractivity contribution is -0.137. The summed E-state index contributed by atoms with van der Waals surface area (Å²) in [7, 11) is 0.0101. The maximum Gasteiger partial charge on any atom is 0.303 e. The van der Waals surface area contributed by atoms with Crippen LogP contribution in [-0.4, -0.2) is 68.4 Å². The van der Waals surface area contributed by atoms with E-state index in [0.29, 0.717) is 30.6 Å². The van der Waals surface area contributed by atoms with E-state index in [1.165, 1.54) is 12.1 Å². The molecule has 1 aromatic carbocycles. The van der Waals surface area contributed by atoms with E-state index < -0.39 is 16.0 Å². The van der Waals surface area contributed by atoms with Crippen LogP contribution in [0.5, 0.6) is 0 Å². The molecule has 150 valence electrons. The lowest BCUT2D eigenvalue weighted by atomic mass is 9.87. The highest BCUT2D eigenvalue weighted by Crippen LogP contribution is 2.27. The number of carbonyl (C=O) groups is 2. The molecular weight excluding hydrogens is 370 g/mol. The fourth-order valence-corrected chi connectivity index (χ4v) is 4.20. The van der Waals surface area contributed by atoms with Crippen molar-refractivity contribution in [2.75, 3.05) is 27.2 Å². The molecule has 3 N–H and O–H groups in total. The van der Waals surface area contributed by atoms with E-state index >= 15 is 0 Å². The maximum absolute atomic E-state index is 13.0. The van der Waals surface area contributed by atoms with Gasteiger partial charge in [-0.05, 0) is 57.5 Å². The van der Waals surface area contributed by atoms with Crippen LogP contribution in [-0.2, 0) is 14.8 Å². The van der Waals surface area contributed by atoms with Gasteiger partial charge in [-0.2, -0.15) is 0 Å². The zero-order valence-corrected chi connectivity index (χ0v) is 16.7. The normalized spacial score (nSPS) is 20.7. The number of nitrogens with zero attached hydrogens (tertiary/aromatic N) is 2. The Bertz CT molecular complexity index is 822. The Hall–Kier alpha value is -1.97. The number of aryl methyl sites for hydroxylation is 1. The molecule has 0 saturated carbocycles. The van der Waals surface area contributed by atoms with E-state index in [9.17, 15) is 18.0 Å². The summed E-state index contributed by atoms with van der Waals surface area (Å²) >= 11 is 0. The van der Waals surface area contributed by atoms with Crippen molar-refractivity contribution in [2.24, 2.45) is 11.1 Å². The largest absolute Gasteiger partial charge is 0.481 e. The van der Waals surface area contributed by atoms with Gasteiger partial charge in [-0.3, -0.25) is 9.59 Å². The average Bonchev–Trinajstić information content (AvgIpc) is 2.58. The number of benzene rings is 1. The Balaban J connectivity index is 2.25. The van der Waals surface area contributed by atoms with Crippen molar-refractivity contribution in [3.8, 4) is 0 Å². The van der Waals surface area contributed by atoms with Crippen molar-refractivity contribution in [1.82, 2.24) is 9.80 Å². The van der Waals surface area contributed by atoms with Crippen LogP contribution in [0.1, 0.15) is 35.2 Å². The Morgan fingerprint density at radius 1 is 1.33 bits per heavy atom. The van der Waals surface area contributed by atoms with Gasteiger partial charge in [-0.15, -0.1) is 0 Å². The number of rotatable bonds is 6. The lowest BCUT2D eigenvalue weighted by Crippen LogP contribution is -2.50. The number of aliphatic carboxylic acids is 1. The minimum Gasteiger partial charge on any atom is -0.481 e. The second-order valence-corrected chi connectivity index (χ2v) is 8.85. The van der Waals surface area contributed by atoms with Gasteiger partial charge >= 0.3 is 5.97 Å². The van der Waals surface area contributed by atoms with Crippen LogP contribution in [0.4, 0.5) is 0 Å². The van der Waals surface area contributed by atoms with Crippen molar-refractivity contribution in [1.29, 1.82) is 0 Å². The monoisotopic (exact) mass is 397 g/mol. The smallest absolute Gasteiger partial charge is 0.303 e. The average molecular weight is 397 g/mol. The molecule has 2 atom stereocenters. The molecule has 0 bridgehead atoms. The number of carboxylic acid groups (broad SMARTS) is 1. The Kier molecular flexibility index (Phi) is 6.61. The van der Waals surface area contributed by atoms with Crippen LogP contribution in [0.25, 0.3) is 0 Å². The van der Waals surface area contributed by atoms with E-state index in [0.717, 1.165) is 6.42 Å². The van der Waals surface area contributed by atoms with E-state index in [4.69, 9.17) is 10.2 Å². The zero-order valence-electron chi connectivity index (χ0n) is 15.9. The van der Waals surface area contributed by atoms with E-state index in [-0.39, 0.29) is 29.2 Å². The van der Waals surface area contributed by atoms with Gasteiger partial charge in [-0.25, -0.2) is 13.6 Å². The highest BCUT2D eigenvalue weighted by atomic mass is 32.2. The predicted molar refractivity (Wildman–Crippen MR) is 101 cm³/mol. The first kappa shape index (κ1) is 21.3. The summed E-state index contributed by atoms with van der Waals surface area (Å²) in [6.07, 6.45) is 1.27. The SMILES string of the molecule is Cc1ccc(S(N)(=O)=O)cc1C(=O)N1CC[C@H](N(C)C)[C@H](CCC(=O)O)C1. The lowest BCUT2D eigenvalue weighted by Gasteiger charge is -2.41. The summed E-state index contributed by atoms with van der Waals surface area (Å²) < 4.78 is 23.2. The van der Waals surface area contributed by atoms with Crippen molar-refractivity contribution < 1.29 is 23.1 Å². The minimum atomic E-state index is -3.90. The topological polar surface area (TPSA) is 121 Å². The number of likely N-dealkylation sites (tertiary alicyclic amines) is 1. The molecule has 0 spiro atoms. The van der Waals surface area contributed by atoms with Crippen LogP contribution in [0.3, 0.4) is 0 Å². The van der Waals surface area contributed by atoms with Gasteiger partial charge in [0.1, 0.15) is 0 Å². The standard InChI is InChI=1S/C18H27N3O5S/c1-12-4-6-14(27(19,25)26)10-15(12)18(24)21-9-8-16(20(2)3)13(11-21)5-7-17(22)23/h4,6,10,13,16H,5,7-9,11H2,1-3H3,(H,22,23)(H2,19,25,26)/t13-,16+/m1/s1. The van der Waals surface area contributed by atoms with Gasteiger partial charge in [0.05, 0.1) is 4.90 Å². The number of nitrogens with two attached hydrogens (primary N) is 1. The quantitative estimate of drug-likeness (QED) is 0.736. The van der Waals surface area contributed by atoms with E-state index in [1.54, 1.807) is 17.9 Å². The Morgan fingerprint density at radius 3 is 2.56 bits per heavy atom. The number of carbonyl (C=O) groups excluding carboxylic acids is 1. The molecule has 8 nitrogen and oxygen atoms in total. The molecule has 0 aliphatic carbocycles. The summed E-state index contributed by atoms with van der Waals surface area (Å²) in [6, 6.07) is 4.47. The Labute approximate surface area is 160 Å². The van der Waals surface area contributed by atoms with Crippen molar-refractivity contribution in [3.63, 3.8) is 0 Å². The predicted octanol–water partition coefficient (Wildman–Crippen LogP) is 0.900. The van der Waals surface area contributed by atoms with Crippen LogP contribution < -0.4 is 5.14 Å². The minimum absolute atomic E-state index is 0.0375. The fourth-order valence-electron chi connectivity index (χ4n) is 3.66. The number of carboxylic acids is 1. The highest BCUT2D eigenvalue weighted by molar-refractivity contribution is 7.89. The van der Waals surface area contributed by atoms with Gasteiger partial charge in [0.25, 0.3) is 5.91 Å². The Morgan fingerprint density at radius 2 is 2.00 bits per heavy atom. The van der Waals surface area contributed by atoms with Gasteiger partial charge in [0.2, 0.25) is 10.0 Å². The van der Waals surface area contributed by atoms with Crippen LogP contribution in [0, 0.1) is 12.8 Å². The van der Waals surface area contributed by atoms with Crippen LogP contribution in [0.2, 0.25) is 0 Å². The first-order chi connectivity index (χ1) is 12.5. The molecule has 1 saturated heterocycles. The second-order valence-electron chi connectivity index (χ2n) is 7.29. The first-order valence-corrected chi connectivity index (χ1v) is 10.4. The number of hydrogen-bond donors (Lipinski definition) is 2. The van der Waals surface area contributed by atoms with Gasteiger partial charge < -0.3 is 14.9 Å². The zero-order chi connectivity index (χ0) is 20.4. The number of primary sulfonamides is 1. The molecule has 1 aromatic rings. The third-order valence-electron chi connectivity index (χ3n) is 5.14. The molecule has 9 heteroatoms. The number of hydrogen-bond acceptors (Lipinski definition) is 5. The van der Waals surface area contributed by atoms with E-state index in [2.05, 4.69) is 4.90 Å². The first-order valence-electron chi connectivity index (χ1n) is 8.81. The van der Waals surface area contributed by atoms with Crippen LogP contribution in [0.15, 0.2) is 23.1 Å². The second kappa shape index (κ2) is 8.37. The summed E-state index contributed by atoms with van der Waals surface area (Å²) in [5, 5.41) is 14.2. The molecule has 27 heavy (non-hydrogen) atoms. The maximum atomic E-state index is 13.0. The summed E-state index contributed by atoms with van der Waals surface area (Å²) in [5.74, 6) is -1.07. The van der Waals surface area contributed by atoms with E-state index in [1.807, 2.05) is 14.1 Å². The number of piperidine rings is 1. The summed E-state index contributed by atoms with van der Waals surface area (Å²) in [5.41, 5.74) is 0.978. The van der Waals surface area contributed by atoms with Gasteiger partial charge in [-0.1, -0.05) is 6.07 Å². The summed E-state index contributed by atoms with van der Waals surface area (Å²) in [6.45, 7) is 2.72. The molecule has 0 radical (unpaired) electrons. The number of amides is 1. The van der Waals surface area contributed by atoms with Crippen molar-refractivity contribution >= 4 is 21.9 Å². The molecule has 2 rings (SSSR count). The van der Waals surface area contributed by atoms with Crippen LogP contribution >= 0.6 is 0 Å². The third-order valence-corrected chi connectivity index (χ3v) is 6.05. The molecule has 1 amide bonds. The molecule has 1 aliphatic rings. The van der Waals surface area contributed by atoms with Crippen molar-refractivity contribution in [2.45, 2.75) is 37.1 Å². The molecule has 0 aromatic heterocycles. The summed E-state index contributed by atoms with van der Waals surface area (Å²) in [4.78, 5) is 27.6. The highest BCUT2D eigenvalue weighted by Gasteiger charge is 2.33. The third kappa shape index (κ3) is 5.27. The number of sulfonamides is 1. The molecule has 1 fully saturated rings. The van der Waals surface area contributed by atoms with Gasteiger partial charge in [0.15, 0.2) is 0 Å². The molecule has 1 aliphatic heterocycles. The van der Waals surface area contributed by atoms with Crippen molar-refractivity contribution in [3.05, 3.63) is 29.3 Å².